The van der Waals surface area contributed by atoms with Crippen molar-refractivity contribution in [2.24, 2.45) is 10.7 Å². The average Bonchev–Trinajstić information content (AvgIpc) is 3.48. The lowest BCUT2D eigenvalue weighted by molar-refractivity contribution is -0.140. The predicted octanol–water partition coefficient (Wildman–Crippen LogP) is -0.855. The van der Waals surface area contributed by atoms with E-state index in [1.807, 2.05) is 54.6 Å². The molecule has 0 aliphatic carbocycles. The van der Waals surface area contributed by atoms with Crippen molar-refractivity contribution in [2.75, 3.05) is 123 Å². The van der Waals surface area contributed by atoms with Crippen LogP contribution in [0.2, 0.25) is 0 Å². The van der Waals surface area contributed by atoms with Crippen LogP contribution in [0.1, 0.15) is 61.6 Å². The van der Waals surface area contributed by atoms with Crippen LogP contribution in [0, 0.1) is 0 Å². The number of phenols is 1. The second-order valence-corrected chi connectivity index (χ2v) is 19.4. The summed E-state index contributed by atoms with van der Waals surface area (Å²) >= 11 is 0. The summed E-state index contributed by atoms with van der Waals surface area (Å²) in [5, 5.41) is 60.9. The highest BCUT2D eigenvalue weighted by atomic mass is 16.4. The number of benzene rings is 3. The minimum absolute atomic E-state index is 0.0150. The quantitative estimate of drug-likeness (QED) is 0.0212. The first-order chi connectivity index (χ1) is 39.4. The van der Waals surface area contributed by atoms with Crippen molar-refractivity contribution >= 4 is 65.1 Å². The minimum atomic E-state index is -1.05. The third-order valence-corrected chi connectivity index (χ3v) is 13.0. The number of phenolic OH excluding ortho intramolecular Hbond substituents is 1. The number of nitrogens with one attached hydrogen (secondary N) is 8. The molecule has 27 nitrogen and oxygen atoms in total. The second-order valence-electron chi connectivity index (χ2n) is 19.4. The van der Waals surface area contributed by atoms with Crippen molar-refractivity contribution < 1.29 is 63.6 Å². The van der Waals surface area contributed by atoms with Crippen LogP contribution in [0.25, 0.3) is 0 Å². The number of amides is 7. The number of hydrogen-bond acceptors (Lipinski definition) is 15. The lowest BCUT2D eigenvalue weighted by Crippen LogP contribution is -2.50. The average molecular weight is 1150 g/mol. The zero-order chi connectivity index (χ0) is 59.7. The number of aliphatic carboxylic acids is 3. The summed E-state index contributed by atoms with van der Waals surface area (Å²) in [4.78, 5) is 123. The topological polar surface area (TPSA) is 382 Å². The molecule has 2 atom stereocenters. The van der Waals surface area contributed by atoms with Gasteiger partial charge in [0, 0.05) is 117 Å². The van der Waals surface area contributed by atoms with Crippen LogP contribution < -0.4 is 48.3 Å². The van der Waals surface area contributed by atoms with E-state index in [4.69, 9.17) is 5.73 Å². The molecule has 0 bridgehead atoms. The lowest BCUT2D eigenvalue weighted by Gasteiger charge is -2.32. The molecule has 0 radical (unpaired) electrons. The number of carboxylic acids is 3. The molecular formula is C55H80N14O13. The maximum Gasteiger partial charge on any atom is 0.344 e. The third kappa shape index (κ3) is 27.2. The summed E-state index contributed by atoms with van der Waals surface area (Å²) in [6.07, 6.45) is 1.40. The van der Waals surface area contributed by atoms with E-state index in [0.29, 0.717) is 43.5 Å². The molecule has 448 valence electrons. The van der Waals surface area contributed by atoms with Gasteiger partial charge in [0.05, 0.1) is 32.1 Å². The van der Waals surface area contributed by atoms with Gasteiger partial charge in [0.15, 0.2) is 5.96 Å². The Morgan fingerprint density at radius 1 is 0.537 bits per heavy atom. The highest BCUT2D eigenvalue weighted by Gasteiger charge is 2.28. The molecule has 3 aromatic rings. The van der Waals surface area contributed by atoms with Crippen molar-refractivity contribution in [1.29, 1.82) is 0 Å². The molecule has 27 heteroatoms. The van der Waals surface area contributed by atoms with Crippen LogP contribution in [-0.2, 0) is 44.9 Å². The molecule has 4 rings (SSSR count). The van der Waals surface area contributed by atoms with Crippen LogP contribution in [-0.4, -0.2) is 223 Å². The molecule has 0 aromatic heterocycles. The fraction of sp³-hybridized carbons (Fsp3) is 0.491. The second kappa shape index (κ2) is 36.8. The summed E-state index contributed by atoms with van der Waals surface area (Å²) in [5.41, 5.74) is 8.76. The van der Waals surface area contributed by atoms with Gasteiger partial charge in [-0.15, -0.1) is 0 Å². The van der Waals surface area contributed by atoms with Crippen LogP contribution in [0.4, 0.5) is 10.5 Å². The Kier molecular flexibility index (Phi) is 29.7. The van der Waals surface area contributed by atoms with Crippen LogP contribution in [0.15, 0.2) is 83.9 Å². The van der Waals surface area contributed by atoms with Crippen LogP contribution >= 0.6 is 0 Å². The SMILES string of the molecule is CCC(=O)NCCNC(=O)/N=C(/N)NCCC[C@@H](NC(=O)[C@@H](c1ccccc1)c1ccc(NCCCNC(=O)CCNC(=O)CN2CCN(CC(=O)O)CCN(CC(=O)O)CCN(CC(=O)O)CC2)cc1)C(=O)NCc1ccc(O)cc1. The molecule has 3 aromatic carbocycles. The highest BCUT2D eigenvalue weighted by Crippen LogP contribution is 2.27. The normalized spacial score (nSPS) is 14.8. The Labute approximate surface area is 476 Å². The number of aliphatic imine (C=N–C) groups is 1. The first-order valence-electron chi connectivity index (χ1n) is 27.3. The summed E-state index contributed by atoms with van der Waals surface area (Å²) in [5.74, 6) is -5.71. The zero-order valence-corrected chi connectivity index (χ0v) is 46.4. The molecular weight excluding hydrogens is 1060 g/mol. The number of carboxylic acid groups (broad SMARTS) is 3. The number of carbonyl (C=O) groups is 9. The van der Waals surface area contributed by atoms with E-state index >= 15 is 0 Å². The van der Waals surface area contributed by atoms with Gasteiger partial charge in [0.1, 0.15) is 11.8 Å². The Morgan fingerprint density at radius 2 is 1.05 bits per heavy atom. The van der Waals surface area contributed by atoms with Crippen molar-refractivity contribution in [2.45, 2.75) is 57.5 Å². The first kappa shape index (κ1) is 66.1. The van der Waals surface area contributed by atoms with Gasteiger partial charge in [-0.3, -0.25) is 58.0 Å². The maximum absolute atomic E-state index is 14.4. The minimum Gasteiger partial charge on any atom is -0.508 e. The number of hydrogen-bond donors (Lipinski definition) is 13. The Hall–Kier alpha value is -8.40. The van der Waals surface area contributed by atoms with E-state index in [2.05, 4.69) is 47.5 Å². The van der Waals surface area contributed by atoms with Gasteiger partial charge in [-0.25, -0.2) is 4.79 Å². The zero-order valence-electron chi connectivity index (χ0n) is 46.4. The smallest absolute Gasteiger partial charge is 0.344 e. The summed E-state index contributed by atoms with van der Waals surface area (Å²) in [6, 6.07) is 21.1. The van der Waals surface area contributed by atoms with Gasteiger partial charge in [0.25, 0.3) is 0 Å². The van der Waals surface area contributed by atoms with E-state index in [-0.39, 0.29) is 154 Å². The molecule has 1 saturated heterocycles. The Morgan fingerprint density at radius 3 is 1.61 bits per heavy atom. The molecule has 1 aliphatic heterocycles. The summed E-state index contributed by atoms with van der Waals surface area (Å²) < 4.78 is 0. The molecule has 0 spiro atoms. The first-order valence-corrected chi connectivity index (χ1v) is 27.3. The van der Waals surface area contributed by atoms with E-state index in [0.717, 1.165) is 11.3 Å². The van der Waals surface area contributed by atoms with Gasteiger partial charge in [0.2, 0.25) is 29.5 Å². The van der Waals surface area contributed by atoms with Crippen molar-refractivity contribution in [3.05, 3.63) is 95.6 Å². The highest BCUT2D eigenvalue weighted by molar-refractivity contribution is 5.93. The van der Waals surface area contributed by atoms with E-state index in [1.54, 1.807) is 38.7 Å². The number of urea groups is 1. The van der Waals surface area contributed by atoms with E-state index in [9.17, 15) is 63.6 Å². The van der Waals surface area contributed by atoms with Crippen molar-refractivity contribution in [3.63, 3.8) is 0 Å². The fourth-order valence-corrected chi connectivity index (χ4v) is 8.59. The van der Waals surface area contributed by atoms with Crippen molar-refractivity contribution in [3.8, 4) is 5.75 Å². The Bertz CT molecular complexity index is 2530. The fourth-order valence-electron chi connectivity index (χ4n) is 8.59. The number of nitrogens with zero attached hydrogens (tertiary/aromatic N) is 5. The maximum atomic E-state index is 14.4. The Balaban J connectivity index is 1.27. The van der Waals surface area contributed by atoms with Gasteiger partial charge in [-0.05, 0) is 60.2 Å². The number of rotatable bonds is 31. The molecule has 1 heterocycles. The third-order valence-electron chi connectivity index (χ3n) is 13.0. The van der Waals surface area contributed by atoms with Gasteiger partial charge in [-0.2, -0.15) is 4.99 Å². The number of guanidine groups is 1. The van der Waals surface area contributed by atoms with Gasteiger partial charge in [-0.1, -0.05) is 61.5 Å². The standard InChI is InChI=1S/C55H80N14O13/c1-2-45(71)60-24-25-62-55(82)65-54(56)61-20-6-10-44(52(80)63-34-39-11-17-43(70)18-12-39)64-53(81)51(40-8-4-3-5-9-40)41-13-15-42(16-14-41)57-21-7-22-58-46(72)19-23-59-47(73)35-66-26-28-67(36-48(74)75)30-32-69(38-50(78)79)33-31-68(29-27-66)37-49(76)77/h3-5,8-9,11-18,44,51,57,70H,2,6-7,10,19-38H2,1H3,(H,58,72)(H,59,73)(H,60,71)(H,63,80)(H,64,81)(H,74,75)(H,76,77)(H,78,79)(H4,56,61,62,65,82)/t44-,51+/m1/s1. The van der Waals surface area contributed by atoms with Crippen molar-refractivity contribution in [1.82, 2.24) is 56.8 Å². The number of aromatic hydroxyl groups is 1. The van der Waals surface area contributed by atoms with Gasteiger partial charge >= 0.3 is 23.9 Å². The molecule has 14 N–H and O–H groups in total. The van der Waals surface area contributed by atoms with E-state index < -0.39 is 47.7 Å². The number of nitrogens with two attached hydrogens (primary N) is 1. The monoisotopic (exact) mass is 1140 g/mol. The predicted molar refractivity (Wildman–Crippen MR) is 305 cm³/mol. The molecule has 1 fully saturated rings. The molecule has 1 aliphatic rings. The van der Waals surface area contributed by atoms with E-state index in [1.165, 1.54) is 12.1 Å². The van der Waals surface area contributed by atoms with Gasteiger partial charge < -0.3 is 68.7 Å². The molecule has 0 saturated carbocycles. The number of carbonyl (C=O) groups excluding carboxylic acids is 6. The summed E-state index contributed by atoms with van der Waals surface area (Å²) in [6.45, 7) is 4.50. The molecule has 0 unspecified atom stereocenters. The number of anilines is 1. The van der Waals surface area contributed by atoms with Crippen LogP contribution in [0.5, 0.6) is 5.75 Å². The molecule has 7 amide bonds. The lowest BCUT2D eigenvalue weighted by atomic mass is 9.90. The molecule has 82 heavy (non-hydrogen) atoms. The largest absolute Gasteiger partial charge is 0.508 e. The summed E-state index contributed by atoms with van der Waals surface area (Å²) in [7, 11) is 0. The van der Waals surface area contributed by atoms with Crippen LogP contribution in [0.3, 0.4) is 0 Å².